The van der Waals surface area contributed by atoms with Gasteiger partial charge in [0.15, 0.2) is 5.78 Å². The highest BCUT2D eigenvalue weighted by Crippen LogP contribution is 2.28. The molecule has 27 heavy (non-hydrogen) atoms. The summed E-state index contributed by atoms with van der Waals surface area (Å²) in [6, 6.07) is 10.8. The van der Waals surface area contributed by atoms with Crippen molar-refractivity contribution in [3.8, 4) is 0 Å². The second-order valence-electron chi connectivity index (χ2n) is 7.73. The van der Waals surface area contributed by atoms with Gasteiger partial charge in [-0.05, 0) is 50.3 Å². The van der Waals surface area contributed by atoms with E-state index < -0.39 is 0 Å². The van der Waals surface area contributed by atoms with E-state index in [1.807, 2.05) is 17.9 Å². The van der Waals surface area contributed by atoms with Crippen LogP contribution in [0, 0.1) is 6.92 Å². The van der Waals surface area contributed by atoms with Gasteiger partial charge in [-0.25, -0.2) is 0 Å². The zero-order valence-electron chi connectivity index (χ0n) is 16.1. The van der Waals surface area contributed by atoms with Crippen LogP contribution in [0.2, 0.25) is 0 Å². The number of amides is 1. The lowest BCUT2D eigenvalue weighted by Gasteiger charge is -2.37. The van der Waals surface area contributed by atoms with Gasteiger partial charge in [0.25, 0.3) is 5.91 Å². The zero-order valence-corrected chi connectivity index (χ0v) is 16.1. The molecule has 0 atom stereocenters. The van der Waals surface area contributed by atoms with Crippen molar-refractivity contribution >= 4 is 17.4 Å². The number of nitrogens with one attached hydrogen (secondary N) is 1. The van der Waals surface area contributed by atoms with Crippen molar-refractivity contribution in [2.75, 3.05) is 25.0 Å². The lowest BCUT2D eigenvalue weighted by molar-refractivity contribution is 0.0707. The summed E-state index contributed by atoms with van der Waals surface area (Å²) in [7, 11) is 2.13. The molecule has 5 nitrogen and oxygen atoms in total. The number of H-pyrrole nitrogens is 1. The van der Waals surface area contributed by atoms with E-state index in [1.165, 1.54) is 5.69 Å². The molecule has 1 N–H and O–H groups in total. The maximum absolute atomic E-state index is 13.1. The highest BCUT2D eigenvalue weighted by atomic mass is 16.2. The Balaban J connectivity index is 1.44. The van der Waals surface area contributed by atoms with Crippen molar-refractivity contribution < 1.29 is 9.59 Å². The number of carbonyl (C=O) groups excluding carboxylic acids is 2. The van der Waals surface area contributed by atoms with Crippen LogP contribution >= 0.6 is 0 Å². The minimum absolute atomic E-state index is 0.0375. The molecule has 1 fully saturated rings. The summed E-state index contributed by atoms with van der Waals surface area (Å²) < 4.78 is 0. The molecule has 142 valence electrons. The number of carbonyl (C=O) groups is 2. The molecule has 1 amide bonds. The molecule has 1 saturated heterocycles. The summed E-state index contributed by atoms with van der Waals surface area (Å²) in [5, 5.41) is 0. The number of rotatable bonds is 3. The third-order valence-electron chi connectivity index (χ3n) is 6.11. The molecule has 1 aromatic heterocycles. The monoisotopic (exact) mass is 365 g/mol. The first-order valence-corrected chi connectivity index (χ1v) is 9.88. The number of likely N-dealkylation sites (tertiary alicyclic amines) is 1. The van der Waals surface area contributed by atoms with E-state index in [2.05, 4.69) is 41.2 Å². The van der Waals surface area contributed by atoms with Crippen LogP contribution in [0.1, 0.15) is 57.8 Å². The SMILES string of the molecule is Cc1c(C(=O)N2CCC(N(C)c3ccccc3)CC2)[nH]c2c1C(=O)CCC2. The number of anilines is 1. The van der Waals surface area contributed by atoms with Gasteiger partial charge in [-0.1, -0.05) is 18.2 Å². The fourth-order valence-corrected chi connectivity index (χ4v) is 4.48. The Labute approximate surface area is 160 Å². The molecule has 2 aliphatic rings. The highest BCUT2D eigenvalue weighted by molar-refractivity contribution is 6.04. The molecule has 4 rings (SSSR count). The van der Waals surface area contributed by atoms with Crippen LogP contribution in [0.5, 0.6) is 0 Å². The number of aromatic amines is 1. The maximum atomic E-state index is 13.1. The summed E-state index contributed by atoms with van der Waals surface area (Å²) in [4.78, 5) is 32.8. The number of nitrogens with zero attached hydrogens (tertiary/aromatic N) is 2. The molecule has 1 aliphatic heterocycles. The quantitative estimate of drug-likeness (QED) is 0.904. The van der Waals surface area contributed by atoms with Crippen molar-refractivity contribution in [1.29, 1.82) is 0 Å². The largest absolute Gasteiger partial charge is 0.371 e. The number of ketones is 1. The summed E-state index contributed by atoms with van der Waals surface area (Å²) in [6.07, 6.45) is 4.23. The van der Waals surface area contributed by atoms with Gasteiger partial charge >= 0.3 is 0 Å². The summed E-state index contributed by atoms with van der Waals surface area (Å²) in [6.45, 7) is 3.40. The van der Waals surface area contributed by atoms with Crippen molar-refractivity contribution in [2.45, 2.75) is 45.1 Å². The second kappa shape index (κ2) is 7.22. The topological polar surface area (TPSA) is 56.4 Å². The Morgan fingerprint density at radius 2 is 1.85 bits per heavy atom. The fourth-order valence-electron chi connectivity index (χ4n) is 4.48. The minimum atomic E-state index is 0.0375. The van der Waals surface area contributed by atoms with Gasteiger partial charge in [0, 0.05) is 49.5 Å². The Morgan fingerprint density at radius 1 is 1.15 bits per heavy atom. The van der Waals surface area contributed by atoms with Gasteiger partial charge in [0.2, 0.25) is 0 Å². The van der Waals surface area contributed by atoms with E-state index in [9.17, 15) is 9.59 Å². The van der Waals surface area contributed by atoms with E-state index in [4.69, 9.17) is 0 Å². The van der Waals surface area contributed by atoms with E-state index in [0.717, 1.165) is 55.6 Å². The molecule has 0 spiro atoms. The second-order valence-corrected chi connectivity index (χ2v) is 7.73. The molecule has 0 saturated carbocycles. The molecule has 5 heteroatoms. The molecule has 0 unspecified atom stereocenters. The third kappa shape index (κ3) is 3.27. The Hall–Kier alpha value is -2.56. The number of hydrogen-bond donors (Lipinski definition) is 1. The predicted octanol–water partition coefficient (Wildman–Crippen LogP) is 3.58. The fraction of sp³-hybridized carbons (Fsp3) is 0.455. The summed E-state index contributed by atoms with van der Waals surface area (Å²) in [5.41, 5.74) is 4.39. The average molecular weight is 365 g/mol. The Bertz CT molecular complexity index is 848. The number of aryl methyl sites for hydroxylation is 1. The Morgan fingerprint density at radius 3 is 2.52 bits per heavy atom. The van der Waals surface area contributed by atoms with Crippen LogP contribution in [-0.4, -0.2) is 47.8 Å². The van der Waals surface area contributed by atoms with E-state index in [1.54, 1.807) is 0 Å². The van der Waals surface area contributed by atoms with Gasteiger partial charge < -0.3 is 14.8 Å². The highest BCUT2D eigenvalue weighted by Gasteiger charge is 2.31. The van der Waals surface area contributed by atoms with Crippen molar-refractivity contribution in [3.63, 3.8) is 0 Å². The van der Waals surface area contributed by atoms with Crippen LogP contribution in [0.25, 0.3) is 0 Å². The molecule has 0 radical (unpaired) electrons. The van der Waals surface area contributed by atoms with Crippen LogP contribution in [-0.2, 0) is 6.42 Å². The van der Waals surface area contributed by atoms with Crippen LogP contribution in [0.15, 0.2) is 30.3 Å². The third-order valence-corrected chi connectivity index (χ3v) is 6.11. The van der Waals surface area contributed by atoms with Gasteiger partial charge in [-0.15, -0.1) is 0 Å². The van der Waals surface area contributed by atoms with Crippen LogP contribution in [0.3, 0.4) is 0 Å². The summed E-state index contributed by atoms with van der Waals surface area (Å²) in [5.74, 6) is 0.211. The van der Waals surface area contributed by atoms with Crippen molar-refractivity contribution in [1.82, 2.24) is 9.88 Å². The van der Waals surface area contributed by atoms with Gasteiger partial charge in [0.1, 0.15) is 5.69 Å². The average Bonchev–Trinajstić information content (AvgIpc) is 3.05. The maximum Gasteiger partial charge on any atom is 0.270 e. The molecular formula is C22H27N3O2. The van der Waals surface area contributed by atoms with E-state index in [0.29, 0.717) is 18.2 Å². The first-order valence-electron chi connectivity index (χ1n) is 9.88. The number of fused-ring (bicyclic) bond motifs is 1. The number of piperidine rings is 1. The lowest BCUT2D eigenvalue weighted by atomic mass is 9.93. The van der Waals surface area contributed by atoms with Crippen molar-refractivity contribution in [3.05, 3.63) is 52.8 Å². The predicted molar refractivity (Wildman–Crippen MR) is 107 cm³/mol. The van der Waals surface area contributed by atoms with E-state index >= 15 is 0 Å². The van der Waals surface area contributed by atoms with E-state index in [-0.39, 0.29) is 11.7 Å². The molecule has 0 bridgehead atoms. The van der Waals surface area contributed by atoms with Crippen LogP contribution in [0.4, 0.5) is 5.69 Å². The van der Waals surface area contributed by atoms with Gasteiger partial charge in [-0.2, -0.15) is 0 Å². The molecule has 1 aliphatic carbocycles. The number of hydrogen-bond acceptors (Lipinski definition) is 3. The molecule has 1 aromatic carbocycles. The standard InChI is InChI=1S/C22H27N3O2/c1-15-20-18(9-6-10-19(20)26)23-21(15)22(27)25-13-11-17(12-14-25)24(2)16-7-4-3-5-8-16/h3-5,7-8,17,23H,6,9-14H2,1-2H3. The smallest absolute Gasteiger partial charge is 0.270 e. The first kappa shape index (κ1) is 17.8. The molecule has 2 aromatic rings. The normalized spacial score (nSPS) is 17.7. The Kier molecular flexibility index (Phi) is 4.77. The number of aromatic nitrogens is 1. The number of para-hydroxylation sites is 1. The number of Topliss-reactive ketones (excluding diaryl/α,β-unsaturated/α-hetero) is 1. The van der Waals surface area contributed by atoms with Crippen molar-refractivity contribution in [2.24, 2.45) is 0 Å². The summed E-state index contributed by atoms with van der Waals surface area (Å²) >= 11 is 0. The first-order chi connectivity index (χ1) is 13.1. The molecular weight excluding hydrogens is 338 g/mol. The van der Waals surface area contributed by atoms with Gasteiger partial charge in [-0.3, -0.25) is 9.59 Å². The zero-order chi connectivity index (χ0) is 19.0. The molecule has 2 heterocycles. The lowest BCUT2D eigenvalue weighted by Crippen LogP contribution is -2.45. The number of benzene rings is 1. The van der Waals surface area contributed by atoms with Gasteiger partial charge in [0.05, 0.1) is 0 Å². The van der Waals surface area contributed by atoms with Crippen LogP contribution < -0.4 is 4.90 Å². The minimum Gasteiger partial charge on any atom is -0.371 e.